The van der Waals surface area contributed by atoms with Crippen LogP contribution in [0.4, 0.5) is 17.2 Å². The van der Waals surface area contributed by atoms with Crippen LogP contribution in [-0.2, 0) is 0 Å². The van der Waals surface area contributed by atoms with Crippen molar-refractivity contribution >= 4 is 23.1 Å². The van der Waals surface area contributed by atoms with E-state index in [2.05, 4.69) is 15.6 Å². The second-order valence-electron chi connectivity index (χ2n) is 6.08. The lowest BCUT2D eigenvalue weighted by Gasteiger charge is -2.12. The molecule has 0 saturated heterocycles. The number of hydrogen-bond acceptors (Lipinski definition) is 4. The Hall–Kier alpha value is -3.34. The Morgan fingerprint density at radius 1 is 0.962 bits per heavy atom. The van der Waals surface area contributed by atoms with Crippen molar-refractivity contribution in [3.63, 3.8) is 0 Å². The Labute approximate surface area is 153 Å². The van der Waals surface area contributed by atoms with E-state index in [1.54, 1.807) is 25.4 Å². The molecule has 0 fully saturated rings. The van der Waals surface area contributed by atoms with Crippen molar-refractivity contribution in [2.45, 2.75) is 13.8 Å². The first-order chi connectivity index (χ1) is 12.5. The molecule has 0 radical (unpaired) electrons. The van der Waals surface area contributed by atoms with Gasteiger partial charge in [-0.1, -0.05) is 23.8 Å². The van der Waals surface area contributed by atoms with Crippen molar-refractivity contribution in [3.8, 4) is 5.75 Å². The molecule has 0 unspecified atom stereocenters. The smallest absolute Gasteiger partial charge is 0.255 e. The lowest BCUT2D eigenvalue weighted by Crippen LogP contribution is -2.12. The maximum atomic E-state index is 12.3. The van der Waals surface area contributed by atoms with Crippen LogP contribution >= 0.6 is 0 Å². The first kappa shape index (κ1) is 17.5. The van der Waals surface area contributed by atoms with Gasteiger partial charge in [0.25, 0.3) is 5.91 Å². The summed E-state index contributed by atoms with van der Waals surface area (Å²) in [6, 6.07) is 16.9. The van der Waals surface area contributed by atoms with E-state index >= 15 is 0 Å². The van der Waals surface area contributed by atoms with E-state index in [0.717, 1.165) is 22.6 Å². The number of hydrogen-bond donors (Lipinski definition) is 2. The summed E-state index contributed by atoms with van der Waals surface area (Å²) in [6.07, 6.45) is 1.62. The standard InChI is InChI=1S/C21H21N3O2/c1-14-4-7-16(8-5-14)21(25)23-17-9-11-20(22-13-17)24-18-12-15(2)6-10-19(18)26-3/h4-13H,1-3H3,(H,22,24)(H,23,25). The summed E-state index contributed by atoms with van der Waals surface area (Å²) < 4.78 is 5.36. The van der Waals surface area contributed by atoms with Crippen molar-refractivity contribution in [1.82, 2.24) is 4.98 Å². The van der Waals surface area contributed by atoms with Gasteiger partial charge in [-0.2, -0.15) is 0 Å². The molecule has 0 aliphatic rings. The number of benzene rings is 2. The maximum Gasteiger partial charge on any atom is 0.255 e. The van der Waals surface area contributed by atoms with E-state index < -0.39 is 0 Å². The predicted molar refractivity (Wildman–Crippen MR) is 104 cm³/mol. The van der Waals surface area contributed by atoms with Crippen LogP contribution in [0.25, 0.3) is 0 Å². The van der Waals surface area contributed by atoms with Gasteiger partial charge in [-0.15, -0.1) is 0 Å². The summed E-state index contributed by atoms with van der Waals surface area (Å²) in [5.74, 6) is 1.25. The van der Waals surface area contributed by atoms with Crippen LogP contribution in [0.1, 0.15) is 21.5 Å². The number of methoxy groups -OCH3 is 1. The average molecular weight is 347 g/mol. The Balaban J connectivity index is 1.70. The van der Waals surface area contributed by atoms with Gasteiger partial charge in [0.2, 0.25) is 0 Å². The number of aryl methyl sites for hydroxylation is 2. The van der Waals surface area contributed by atoms with Crippen molar-refractivity contribution in [2.24, 2.45) is 0 Å². The molecule has 1 amide bonds. The van der Waals surface area contributed by atoms with Crippen molar-refractivity contribution in [3.05, 3.63) is 77.5 Å². The number of pyridine rings is 1. The summed E-state index contributed by atoms with van der Waals surface area (Å²) in [7, 11) is 1.63. The molecule has 5 nitrogen and oxygen atoms in total. The number of nitrogens with zero attached hydrogens (tertiary/aromatic N) is 1. The molecule has 3 rings (SSSR count). The molecule has 0 aliphatic carbocycles. The van der Waals surface area contributed by atoms with Crippen LogP contribution < -0.4 is 15.4 Å². The highest BCUT2D eigenvalue weighted by Gasteiger charge is 2.07. The Morgan fingerprint density at radius 2 is 1.69 bits per heavy atom. The molecule has 1 heterocycles. The number of anilines is 3. The van der Waals surface area contributed by atoms with Gasteiger partial charge in [0.05, 0.1) is 24.7 Å². The van der Waals surface area contributed by atoms with Gasteiger partial charge < -0.3 is 15.4 Å². The van der Waals surface area contributed by atoms with Gasteiger partial charge >= 0.3 is 0 Å². The number of nitrogens with one attached hydrogen (secondary N) is 2. The SMILES string of the molecule is COc1ccc(C)cc1Nc1ccc(NC(=O)c2ccc(C)cc2)cn1. The van der Waals surface area contributed by atoms with Crippen LogP contribution in [0.3, 0.4) is 0 Å². The molecule has 2 N–H and O–H groups in total. The summed E-state index contributed by atoms with van der Waals surface area (Å²) >= 11 is 0. The lowest BCUT2D eigenvalue weighted by atomic mass is 10.1. The molecule has 3 aromatic rings. The number of carbonyl (C=O) groups is 1. The largest absolute Gasteiger partial charge is 0.495 e. The topological polar surface area (TPSA) is 63.2 Å². The zero-order chi connectivity index (χ0) is 18.5. The van der Waals surface area contributed by atoms with E-state index in [1.165, 1.54) is 0 Å². The molecular weight excluding hydrogens is 326 g/mol. The maximum absolute atomic E-state index is 12.3. The van der Waals surface area contributed by atoms with Gasteiger partial charge in [-0.3, -0.25) is 4.79 Å². The average Bonchev–Trinajstić information content (AvgIpc) is 2.64. The molecule has 26 heavy (non-hydrogen) atoms. The number of aromatic nitrogens is 1. The molecule has 0 bridgehead atoms. The van der Waals surface area contributed by atoms with Crippen LogP contribution in [0.2, 0.25) is 0 Å². The molecule has 0 spiro atoms. The molecular formula is C21H21N3O2. The van der Waals surface area contributed by atoms with Crippen LogP contribution in [-0.4, -0.2) is 18.0 Å². The van der Waals surface area contributed by atoms with Crippen LogP contribution in [0, 0.1) is 13.8 Å². The fourth-order valence-corrected chi connectivity index (χ4v) is 2.51. The van der Waals surface area contributed by atoms with E-state index in [9.17, 15) is 4.79 Å². The second-order valence-corrected chi connectivity index (χ2v) is 6.08. The zero-order valence-corrected chi connectivity index (χ0v) is 15.0. The Kier molecular flexibility index (Phi) is 5.17. The monoisotopic (exact) mass is 347 g/mol. The fraction of sp³-hybridized carbons (Fsp3) is 0.143. The van der Waals surface area contributed by atoms with Crippen molar-refractivity contribution < 1.29 is 9.53 Å². The van der Waals surface area contributed by atoms with Crippen LogP contribution in [0.15, 0.2) is 60.8 Å². The third kappa shape index (κ3) is 4.19. The Bertz CT molecular complexity index is 904. The molecule has 0 atom stereocenters. The first-order valence-corrected chi connectivity index (χ1v) is 8.31. The molecule has 1 aromatic heterocycles. The van der Waals surface area contributed by atoms with E-state index in [4.69, 9.17) is 4.74 Å². The lowest BCUT2D eigenvalue weighted by molar-refractivity contribution is 0.102. The van der Waals surface area contributed by atoms with Gasteiger partial charge in [-0.05, 0) is 55.8 Å². The predicted octanol–water partition coefficient (Wildman–Crippen LogP) is 4.70. The second kappa shape index (κ2) is 7.70. The summed E-state index contributed by atoms with van der Waals surface area (Å²) in [5.41, 5.74) is 4.33. The minimum atomic E-state index is -0.159. The van der Waals surface area contributed by atoms with Gasteiger partial charge in [0.1, 0.15) is 11.6 Å². The third-order valence-electron chi connectivity index (χ3n) is 3.95. The highest BCUT2D eigenvalue weighted by atomic mass is 16.5. The summed E-state index contributed by atoms with van der Waals surface area (Å²) in [5, 5.41) is 6.08. The number of ether oxygens (including phenoxy) is 1. The van der Waals surface area contributed by atoms with E-state index in [0.29, 0.717) is 17.1 Å². The molecule has 132 valence electrons. The van der Waals surface area contributed by atoms with Crippen molar-refractivity contribution in [1.29, 1.82) is 0 Å². The van der Waals surface area contributed by atoms with Gasteiger partial charge in [0.15, 0.2) is 0 Å². The first-order valence-electron chi connectivity index (χ1n) is 8.31. The Morgan fingerprint density at radius 3 is 2.35 bits per heavy atom. The minimum absolute atomic E-state index is 0.159. The number of rotatable bonds is 5. The molecule has 0 aliphatic heterocycles. The fourth-order valence-electron chi connectivity index (χ4n) is 2.51. The normalized spacial score (nSPS) is 10.3. The van der Waals surface area contributed by atoms with Gasteiger partial charge in [-0.25, -0.2) is 4.98 Å². The van der Waals surface area contributed by atoms with Crippen LogP contribution in [0.5, 0.6) is 5.75 Å². The molecule has 5 heteroatoms. The van der Waals surface area contributed by atoms with E-state index in [1.807, 2.05) is 56.3 Å². The van der Waals surface area contributed by atoms with E-state index in [-0.39, 0.29) is 5.91 Å². The summed E-state index contributed by atoms with van der Waals surface area (Å²) in [4.78, 5) is 16.6. The quantitative estimate of drug-likeness (QED) is 0.702. The van der Waals surface area contributed by atoms with Crippen molar-refractivity contribution in [2.75, 3.05) is 17.7 Å². The minimum Gasteiger partial charge on any atom is -0.495 e. The number of carbonyl (C=O) groups excluding carboxylic acids is 1. The van der Waals surface area contributed by atoms with Gasteiger partial charge in [0, 0.05) is 5.56 Å². The summed E-state index contributed by atoms with van der Waals surface area (Å²) in [6.45, 7) is 4.00. The highest BCUT2D eigenvalue weighted by molar-refractivity contribution is 6.04. The number of amides is 1. The molecule has 0 saturated carbocycles. The third-order valence-corrected chi connectivity index (χ3v) is 3.95. The highest BCUT2D eigenvalue weighted by Crippen LogP contribution is 2.28. The zero-order valence-electron chi connectivity index (χ0n) is 15.0. The molecule has 2 aromatic carbocycles.